The van der Waals surface area contributed by atoms with Gasteiger partial charge in [0.05, 0.1) is 12.1 Å². The van der Waals surface area contributed by atoms with Gasteiger partial charge < -0.3 is 14.6 Å². The van der Waals surface area contributed by atoms with Crippen molar-refractivity contribution in [2.75, 3.05) is 0 Å². The van der Waals surface area contributed by atoms with Crippen molar-refractivity contribution in [3.05, 3.63) is 0 Å². The predicted octanol–water partition coefficient (Wildman–Crippen LogP) is 1.33. The summed E-state index contributed by atoms with van der Waals surface area (Å²) in [4.78, 5) is 24.9. The van der Waals surface area contributed by atoms with E-state index in [0.29, 0.717) is 6.42 Å². The second kappa shape index (κ2) is 4.53. The van der Waals surface area contributed by atoms with E-state index in [1.165, 1.54) is 4.90 Å². The summed E-state index contributed by atoms with van der Waals surface area (Å²) in [6.45, 7) is 5.41. The Morgan fingerprint density at radius 2 is 2.06 bits per heavy atom. The van der Waals surface area contributed by atoms with E-state index < -0.39 is 23.8 Å². The molecule has 0 aromatic rings. The number of aldehydes is 1. The Morgan fingerprint density at radius 3 is 2.56 bits per heavy atom. The molecule has 2 saturated heterocycles. The Hall–Kier alpha value is -1.10. The SMILES string of the molecule is CC(C)(C)OC(=O)N1C2CC[C@H](C(O)C2)C1C=O. The van der Waals surface area contributed by atoms with Crippen LogP contribution in [0.2, 0.25) is 0 Å². The highest BCUT2D eigenvalue weighted by molar-refractivity contribution is 5.75. The summed E-state index contributed by atoms with van der Waals surface area (Å²) in [5, 5.41) is 9.90. The molecule has 5 heteroatoms. The fourth-order valence-corrected chi connectivity index (χ4v) is 3.00. The summed E-state index contributed by atoms with van der Waals surface area (Å²) in [7, 11) is 0. The van der Waals surface area contributed by atoms with Gasteiger partial charge >= 0.3 is 6.09 Å². The molecule has 0 aromatic carbocycles. The lowest BCUT2D eigenvalue weighted by Gasteiger charge is -2.51. The first-order valence-corrected chi connectivity index (χ1v) is 6.48. The molecule has 2 heterocycles. The van der Waals surface area contributed by atoms with Crippen LogP contribution in [0.25, 0.3) is 0 Å². The summed E-state index contributed by atoms with van der Waals surface area (Å²) in [5.74, 6) is -0.139. The van der Waals surface area contributed by atoms with E-state index in [2.05, 4.69) is 0 Å². The molecule has 1 aliphatic carbocycles. The first-order chi connectivity index (χ1) is 8.33. The maximum atomic E-state index is 12.1. The highest BCUT2D eigenvalue weighted by Gasteiger charge is 2.49. The van der Waals surface area contributed by atoms with Crippen LogP contribution in [0, 0.1) is 5.92 Å². The summed E-state index contributed by atoms with van der Waals surface area (Å²) >= 11 is 0. The van der Waals surface area contributed by atoms with Gasteiger partial charge in [0.1, 0.15) is 11.9 Å². The molecular weight excluding hydrogens is 234 g/mol. The standard InChI is InChI=1S/C13H21NO4/c1-13(2,3)18-12(17)14-8-4-5-9(10(14)7-15)11(16)6-8/h7-11,16H,4-6H2,1-3H3/t8?,9-,10?,11?/m0/s1. The fourth-order valence-electron chi connectivity index (χ4n) is 3.00. The van der Waals surface area contributed by atoms with Crippen LogP contribution in [0.5, 0.6) is 0 Å². The van der Waals surface area contributed by atoms with Gasteiger partial charge in [-0.2, -0.15) is 0 Å². The monoisotopic (exact) mass is 255 g/mol. The number of carbonyl (C=O) groups is 2. The van der Waals surface area contributed by atoms with E-state index in [1.807, 2.05) is 0 Å². The number of aliphatic hydroxyl groups excluding tert-OH is 1. The van der Waals surface area contributed by atoms with Crippen molar-refractivity contribution in [1.29, 1.82) is 0 Å². The third kappa shape index (κ3) is 2.36. The molecule has 102 valence electrons. The van der Waals surface area contributed by atoms with E-state index in [1.54, 1.807) is 20.8 Å². The van der Waals surface area contributed by atoms with E-state index in [4.69, 9.17) is 4.74 Å². The van der Waals surface area contributed by atoms with Crippen molar-refractivity contribution in [2.45, 2.75) is 63.8 Å². The molecule has 0 aromatic heterocycles. The molecule has 4 atom stereocenters. The molecule has 0 radical (unpaired) electrons. The molecule has 2 aliphatic heterocycles. The predicted molar refractivity (Wildman–Crippen MR) is 65.1 cm³/mol. The molecule has 1 saturated carbocycles. The molecule has 3 aliphatic rings. The maximum Gasteiger partial charge on any atom is 0.411 e. The molecule has 18 heavy (non-hydrogen) atoms. The lowest BCUT2D eigenvalue weighted by Crippen LogP contribution is -2.63. The van der Waals surface area contributed by atoms with Gasteiger partial charge in [-0.3, -0.25) is 4.90 Å². The van der Waals surface area contributed by atoms with Gasteiger partial charge in [-0.25, -0.2) is 4.79 Å². The third-order valence-electron chi connectivity index (χ3n) is 3.74. The van der Waals surface area contributed by atoms with Crippen molar-refractivity contribution >= 4 is 12.4 Å². The Bertz CT molecular complexity index is 349. The van der Waals surface area contributed by atoms with Crippen LogP contribution in [0.15, 0.2) is 0 Å². The van der Waals surface area contributed by atoms with Gasteiger partial charge in [-0.05, 0) is 40.0 Å². The number of fused-ring (bicyclic) bond motifs is 3. The second-order valence-electron chi connectivity index (χ2n) is 6.21. The van der Waals surface area contributed by atoms with Crippen LogP contribution in [0.1, 0.15) is 40.0 Å². The van der Waals surface area contributed by atoms with Crippen molar-refractivity contribution in [2.24, 2.45) is 5.92 Å². The van der Waals surface area contributed by atoms with Crippen LogP contribution in [0.3, 0.4) is 0 Å². The minimum absolute atomic E-state index is 0.0740. The average Bonchev–Trinajstić information content (AvgIpc) is 2.25. The number of aliphatic hydroxyl groups is 1. The normalized spacial score (nSPS) is 35.4. The largest absolute Gasteiger partial charge is 0.444 e. The number of nitrogens with zero attached hydrogens (tertiary/aromatic N) is 1. The number of hydrogen-bond acceptors (Lipinski definition) is 4. The first-order valence-electron chi connectivity index (χ1n) is 6.48. The number of hydrogen-bond donors (Lipinski definition) is 1. The van der Waals surface area contributed by atoms with Gasteiger partial charge in [-0.15, -0.1) is 0 Å². The molecule has 5 nitrogen and oxygen atoms in total. The molecule has 3 unspecified atom stereocenters. The fraction of sp³-hybridized carbons (Fsp3) is 0.846. The van der Waals surface area contributed by atoms with Crippen molar-refractivity contribution in [3.63, 3.8) is 0 Å². The maximum absolute atomic E-state index is 12.1. The van der Waals surface area contributed by atoms with Crippen LogP contribution in [-0.4, -0.2) is 46.2 Å². The average molecular weight is 255 g/mol. The second-order valence-corrected chi connectivity index (χ2v) is 6.21. The smallest absolute Gasteiger partial charge is 0.411 e. The Kier molecular flexibility index (Phi) is 3.36. The molecule has 0 spiro atoms. The van der Waals surface area contributed by atoms with Crippen LogP contribution in [0.4, 0.5) is 4.79 Å². The Labute approximate surface area is 107 Å². The highest BCUT2D eigenvalue weighted by atomic mass is 16.6. The van der Waals surface area contributed by atoms with Crippen molar-refractivity contribution in [3.8, 4) is 0 Å². The number of rotatable bonds is 1. The first kappa shape index (κ1) is 13.3. The minimum atomic E-state index is -0.570. The van der Waals surface area contributed by atoms with Gasteiger partial charge in [0.25, 0.3) is 0 Å². The van der Waals surface area contributed by atoms with E-state index in [-0.39, 0.29) is 12.0 Å². The molecule has 1 N–H and O–H groups in total. The number of amides is 1. The quantitative estimate of drug-likeness (QED) is 0.718. The third-order valence-corrected chi connectivity index (χ3v) is 3.74. The lowest BCUT2D eigenvalue weighted by atomic mass is 9.73. The van der Waals surface area contributed by atoms with E-state index in [0.717, 1.165) is 19.1 Å². The summed E-state index contributed by atoms with van der Waals surface area (Å²) in [6.07, 6.45) is 2.04. The summed E-state index contributed by atoms with van der Waals surface area (Å²) in [5.41, 5.74) is -0.570. The van der Waals surface area contributed by atoms with Gasteiger partial charge in [0, 0.05) is 12.0 Å². The molecule has 3 rings (SSSR count). The van der Waals surface area contributed by atoms with Crippen molar-refractivity contribution < 1.29 is 19.4 Å². The van der Waals surface area contributed by atoms with Crippen LogP contribution in [-0.2, 0) is 9.53 Å². The zero-order chi connectivity index (χ0) is 13.5. The Balaban J connectivity index is 2.16. The van der Waals surface area contributed by atoms with Gasteiger partial charge in [0.15, 0.2) is 0 Å². The number of carbonyl (C=O) groups excluding carboxylic acids is 2. The minimum Gasteiger partial charge on any atom is -0.444 e. The summed E-state index contributed by atoms with van der Waals surface area (Å²) in [6, 6.07) is -0.614. The highest BCUT2D eigenvalue weighted by Crippen LogP contribution is 2.39. The summed E-state index contributed by atoms with van der Waals surface area (Å²) < 4.78 is 5.34. The molecule has 3 fully saturated rings. The van der Waals surface area contributed by atoms with Crippen LogP contribution >= 0.6 is 0 Å². The molecule has 1 amide bonds. The topological polar surface area (TPSA) is 66.8 Å². The molecular formula is C13H21NO4. The van der Waals surface area contributed by atoms with Gasteiger partial charge in [0.2, 0.25) is 0 Å². The van der Waals surface area contributed by atoms with Crippen molar-refractivity contribution in [1.82, 2.24) is 4.90 Å². The molecule has 2 bridgehead atoms. The zero-order valence-corrected chi connectivity index (χ0v) is 11.1. The lowest BCUT2D eigenvalue weighted by molar-refractivity contribution is -0.130. The van der Waals surface area contributed by atoms with Gasteiger partial charge in [-0.1, -0.05) is 0 Å². The number of piperidine rings is 2. The van der Waals surface area contributed by atoms with E-state index in [9.17, 15) is 14.7 Å². The van der Waals surface area contributed by atoms with Crippen LogP contribution < -0.4 is 0 Å². The van der Waals surface area contributed by atoms with E-state index >= 15 is 0 Å². The Morgan fingerprint density at radius 1 is 1.39 bits per heavy atom. The number of ether oxygens (including phenoxy) is 1. The zero-order valence-electron chi connectivity index (χ0n) is 11.1.